The van der Waals surface area contributed by atoms with E-state index < -0.39 is 30.3 Å². The summed E-state index contributed by atoms with van der Waals surface area (Å²) in [6.07, 6.45) is 0. The molecule has 0 bridgehead atoms. The SMILES string of the molecule is CCOC(=O)c1ccccc1NC(=O)COC(=O)CSc1ccccc1F. The van der Waals surface area contributed by atoms with Crippen molar-refractivity contribution >= 4 is 35.3 Å². The van der Waals surface area contributed by atoms with E-state index in [2.05, 4.69) is 5.32 Å². The number of hydrogen-bond donors (Lipinski definition) is 1. The summed E-state index contributed by atoms with van der Waals surface area (Å²) in [5.74, 6) is -2.38. The van der Waals surface area contributed by atoms with Crippen LogP contribution in [0.3, 0.4) is 0 Å². The molecule has 6 nitrogen and oxygen atoms in total. The second kappa shape index (κ2) is 10.3. The molecule has 1 N–H and O–H groups in total. The quantitative estimate of drug-likeness (QED) is 0.549. The molecule has 0 aliphatic carbocycles. The summed E-state index contributed by atoms with van der Waals surface area (Å²) in [5.41, 5.74) is 0.465. The Balaban J connectivity index is 1.83. The number of carbonyl (C=O) groups is 3. The number of halogens is 1. The van der Waals surface area contributed by atoms with Gasteiger partial charge >= 0.3 is 11.9 Å². The lowest BCUT2D eigenvalue weighted by Gasteiger charge is -2.10. The number of esters is 2. The Morgan fingerprint density at radius 2 is 1.74 bits per heavy atom. The van der Waals surface area contributed by atoms with Crippen molar-refractivity contribution < 1.29 is 28.2 Å². The van der Waals surface area contributed by atoms with Crippen molar-refractivity contribution in [1.82, 2.24) is 0 Å². The summed E-state index contributed by atoms with van der Waals surface area (Å²) >= 11 is 0.980. The van der Waals surface area contributed by atoms with Crippen molar-refractivity contribution in [3.8, 4) is 0 Å². The molecule has 0 aromatic heterocycles. The third-order valence-corrected chi connectivity index (χ3v) is 4.27. The first kappa shape index (κ1) is 20.4. The first-order valence-corrected chi connectivity index (χ1v) is 9.08. The average Bonchev–Trinajstić information content (AvgIpc) is 2.66. The maximum Gasteiger partial charge on any atom is 0.340 e. The Morgan fingerprint density at radius 3 is 2.48 bits per heavy atom. The van der Waals surface area contributed by atoms with E-state index in [0.717, 1.165) is 11.8 Å². The van der Waals surface area contributed by atoms with E-state index >= 15 is 0 Å². The van der Waals surface area contributed by atoms with Crippen LogP contribution in [0, 0.1) is 5.82 Å². The van der Waals surface area contributed by atoms with Gasteiger partial charge in [-0.3, -0.25) is 9.59 Å². The molecular weight excluding hydrogens is 373 g/mol. The van der Waals surface area contributed by atoms with Gasteiger partial charge in [-0.2, -0.15) is 0 Å². The number of benzene rings is 2. The number of amides is 1. The van der Waals surface area contributed by atoms with Gasteiger partial charge in [-0.1, -0.05) is 24.3 Å². The summed E-state index contributed by atoms with van der Waals surface area (Å²) in [7, 11) is 0. The van der Waals surface area contributed by atoms with Crippen LogP contribution in [0.15, 0.2) is 53.4 Å². The highest BCUT2D eigenvalue weighted by Crippen LogP contribution is 2.21. The van der Waals surface area contributed by atoms with Crippen LogP contribution in [-0.2, 0) is 19.1 Å². The number of carbonyl (C=O) groups excluding carboxylic acids is 3. The zero-order chi connectivity index (χ0) is 19.6. The molecular formula is C19H18FNO5S. The summed E-state index contributed by atoms with van der Waals surface area (Å²) in [6.45, 7) is 1.37. The molecule has 0 spiro atoms. The topological polar surface area (TPSA) is 81.7 Å². The molecule has 0 aliphatic rings. The van der Waals surface area contributed by atoms with E-state index in [1.165, 1.54) is 12.1 Å². The third-order valence-electron chi connectivity index (χ3n) is 3.24. The number of para-hydroxylation sites is 1. The standard InChI is InChI=1S/C19H18FNO5S/c1-2-25-19(24)13-7-3-5-9-15(13)21-17(22)11-26-18(23)12-27-16-10-6-4-8-14(16)20/h3-10H,2,11-12H2,1H3,(H,21,22). The molecule has 1 amide bonds. The molecule has 0 atom stereocenters. The molecule has 2 aromatic rings. The van der Waals surface area contributed by atoms with Gasteiger partial charge in [0.05, 0.1) is 23.6 Å². The van der Waals surface area contributed by atoms with Crippen LogP contribution in [0.5, 0.6) is 0 Å². The fourth-order valence-electron chi connectivity index (χ4n) is 2.05. The van der Waals surface area contributed by atoms with Crippen LogP contribution in [0.4, 0.5) is 10.1 Å². The maximum atomic E-state index is 13.5. The molecule has 2 rings (SSSR count). The van der Waals surface area contributed by atoms with Gasteiger partial charge in [-0.05, 0) is 31.2 Å². The molecule has 0 saturated heterocycles. The smallest absolute Gasteiger partial charge is 0.340 e. The van der Waals surface area contributed by atoms with E-state index in [-0.39, 0.29) is 23.6 Å². The Labute approximate surface area is 160 Å². The number of hydrogen-bond acceptors (Lipinski definition) is 6. The minimum Gasteiger partial charge on any atom is -0.462 e. The highest BCUT2D eigenvalue weighted by molar-refractivity contribution is 8.00. The molecule has 0 unspecified atom stereocenters. The number of rotatable bonds is 8. The van der Waals surface area contributed by atoms with Crippen molar-refractivity contribution in [1.29, 1.82) is 0 Å². The van der Waals surface area contributed by atoms with Crippen molar-refractivity contribution in [2.45, 2.75) is 11.8 Å². The zero-order valence-corrected chi connectivity index (χ0v) is 15.4. The Kier molecular flexibility index (Phi) is 7.81. The molecule has 0 heterocycles. The molecule has 2 aromatic carbocycles. The van der Waals surface area contributed by atoms with Crippen molar-refractivity contribution in [3.63, 3.8) is 0 Å². The van der Waals surface area contributed by atoms with Gasteiger partial charge in [0.1, 0.15) is 5.82 Å². The molecule has 0 saturated carbocycles. The zero-order valence-electron chi connectivity index (χ0n) is 14.6. The van der Waals surface area contributed by atoms with E-state index in [1.807, 2.05) is 0 Å². The minimum absolute atomic E-state index is 0.131. The van der Waals surface area contributed by atoms with Gasteiger partial charge in [-0.15, -0.1) is 11.8 Å². The number of nitrogens with one attached hydrogen (secondary N) is 1. The Morgan fingerprint density at radius 1 is 1.04 bits per heavy atom. The van der Waals surface area contributed by atoms with Gasteiger partial charge in [-0.25, -0.2) is 9.18 Å². The van der Waals surface area contributed by atoms with Gasteiger partial charge in [0.2, 0.25) is 0 Å². The van der Waals surface area contributed by atoms with Crippen LogP contribution >= 0.6 is 11.8 Å². The van der Waals surface area contributed by atoms with E-state index in [1.54, 1.807) is 43.3 Å². The number of thioether (sulfide) groups is 1. The summed E-state index contributed by atoms with van der Waals surface area (Å²) < 4.78 is 23.3. The third kappa shape index (κ3) is 6.41. The van der Waals surface area contributed by atoms with Gasteiger partial charge in [0, 0.05) is 4.90 Å². The molecule has 27 heavy (non-hydrogen) atoms. The predicted octanol–water partition coefficient (Wildman–Crippen LogP) is 3.28. The Bertz CT molecular complexity index is 827. The van der Waals surface area contributed by atoms with Gasteiger partial charge < -0.3 is 14.8 Å². The van der Waals surface area contributed by atoms with Crippen molar-refractivity contribution in [3.05, 3.63) is 59.9 Å². The van der Waals surface area contributed by atoms with Crippen LogP contribution < -0.4 is 5.32 Å². The molecule has 8 heteroatoms. The highest BCUT2D eigenvalue weighted by Gasteiger charge is 2.15. The van der Waals surface area contributed by atoms with Crippen LogP contribution in [0.1, 0.15) is 17.3 Å². The maximum absolute atomic E-state index is 13.5. The lowest BCUT2D eigenvalue weighted by atomic mass is 10.2. The first-order chi connectivity index (χ1) is 13.0. The lowest BCUT2D eigenvalue weighted by Crippen LogP contribution is -2.23. The summed E-state index contributed by atoms with van der Waals surface area (Å²) in [5, 5.41) is 2.50. The highest BCUT2D eigenvalue weighted by atomic mass is 32.2. The second-order valence-electron chi connectivity index (χ2n) is 5.19. The monoisotopic (exact) mass is 391 g/mol. The summed E-state index contributed by atoms with van der Waals surface area (Å²) in [6, 6.07) is 12.4. The number of anilines is 1. The second-order valence-corrected chi connectivity index (χ2v) is 6.21. The molecule has 0 radical (unpaired) electrons. The van der Waals surface area contributed by atoms with Crippen molar-refractivity contribution in [2.24, 2.45) is 0 Å². The van der Waals surface area contributed by atoms with E-state index in [9.17, 15) is 18.8 Å². The number of ether oxygens (including phenoxy) is 2. The molecule has 0 fully saturated rings. The summed E-state index contributed by atoms with van der Waals surface area (Å²) in [4.78, 5) is 35.9. The fourth-order valence-corrected chi connectivity index (χ4v) is 2.79. The first-order valence-electron chi connectivity index (χ1n) is 8.10. The minimum atomic E-state index is -0.655. The van der Waals surface area contributed by atoms with E-state index in [4.69, 9.17) is 9.47 Å². The predicted molar refractivity (Wildman–Crippen MR) is 99.1 cm³/mol. The van der Waals surface area contributed by atoms with E-state index in [0.29, 0.717) is 4.90 Å². The Hall–Kier alpha value is -2.87. The average molecular weight is 391 g/mol. The van der Waals surface area contributed by atoms with Crippen LogP contribution in [0.2, 0.25) is 0 Å². The van der Waals surface area contributed by atoms with Crippen molar-refractivity contribution in [2.75, 3.05) is 24.3 Å². The van der Waals surface area contributed by atoms with Crippen LogP contribution in [0.25, 0.3) is 0 Å². The van der Waals surface area contributed by atoms with Gasteiger partial charge in [0.15, 0.2) is 6.61 Å². The van der Waals surface area contributed by atoms with Gasteiger partial charge in [0.25, 0.3) is 5.91 Å². The molecule has 142 valence electrons. The van der Waals surface area contributed by atoms with Crippen LogP contribution in [-0.4, -0.2) is 36.8 Å². The normalized spacial score (nSPS) is 10.1. The lowest BCUT2D eigenvalue weighted by molar-refractivity contribution is -0.144. The molecule has 0 aliphatic heterocycles. The fraction of sp³-hybridized carbons (Fsp3) is 0.211. The largest absolute Gasteiger partial charge is 0.462 e.